The summed E-state index contributed by atoms with van der Waals surface area (Å²) in [5, 5.41) is 0. The molecule has 0 N–H and O–H groups in total. The van der Waals surface area contributed by atoms with E-state index < -0.39 is 0 Å². The molecule has 0 aromatic heterocycles. The van der Waals surface area contributed by atoms with Gasteiger partial charge in [-0.25, -0.2) is 0 Å². The van der Waals surface area contributed by atoms with Gasteiger partial charge in [-0.3, -0.25) is 0 Å². The van der Waals surface area contributed by atoms with Crippen LogP contribution in [-0.2, 0) is 0 Å². The Morgan fingerprint density at radius 2 is 1.67 bits per heavy atom. The van der Waals surface area contributed by atoms with Crippen molar-refractivity contribution in [1.29, 1.82) is 0 Å². The molecule has 1 rings (SSSR count). The summed E-state index contributed by atoms with van der Waals surface area (Å²) in [5.74, 6) is 4.42. The summed E-state index contributed by atoms with van der Waals surface area (Å²) in [7, 11) is 0. The van der Waals surface area contributed by atoms with E-state index in [0.29, 0.717) is 10.8 Å². The number of rotatable bonds is 8. The molecule has 0 spiro atoms. The highest BCUT2D eigenvalue weighted by Gasteiger charge is 2.50. The zero-order valence-electron chi connectivity index (χ0n) is 16.4. The lowest BCUT2D eigenvalue weighted by atomic mass is 9.48. The fourth-order valence-corrected chi connectivity index (χ4v) is 4.56. The van der Waals surface area contributed by atoms with Gasteiger partial charge in [0.25, 0.3) is 0 Å². The monoisotopic (exact) mass is 294 g/mol. The first-order chi connectivity index (χ1) is 9.57. The van der Waals surface area contributed by atoms with Crippen molar-refractivity contribution in [2.24, 2.45) is 40.4 Å². The van der Waals surface area contributed by atoms with E-state index in [2.05, 4.69) is 62.3 Å². The molecule has 0 aromatic rings. The second-order valence-electron chi connectivity index (χ2n) is 9.43. The molecule has 1 saturated carbocycles. The molecule has 0 amide bonds. The highest BCUT2D eigenvalue weighted by atomic mass is 14.5. The molecule has 21 heavy (non-hydrogen) atoms. The van der Waals surface area contributed by atoms with Crippen LogP contribution >= 0.6 is 0 Å². The van der Waals surface area contributed by atoms with E-state index in [1.165, 1.54) is 32.1 Å². The van der Waals surface area contributed by atoms with Gasteiger partial charge in [0.05, 0.1) is 0 Å². The maximum atomic E-state index is 2.59. The highest BCUT2D eigenvalue weighted by Crippen LogP contribution is 2.58. The van der Waals surface area contributed by atoms with Crippen molar-refractivity contribution in [2.75, 3.05) is 0 Å². The molecule has 0 heteroatoms. The average molecular weight is 295 g/mol. The van der Waals surface area contributed by atoms with E-state index in [9.17, 15) is 0 Å². The van der Waals surface area contributed by atoms with Crippen LogP contribution in [0.2, 0.25) is 0 Å². The molecule has 5 atom stereocenters. The Morgan fingerprint density at radius 3 is 2.10 bits per heavy atom. The van der Waals surface area contributed by atoms with Crippen LogP contribution in [0.5, 0.6) is 0 Å². The molecule has 0 nitrogen and oxygen atoms in total. The third-order valence-electron chi connectivity index (χ3n) is 7.89. The first-order valence-electron chi connectivity index (χ1n) is 9.57. The SMILES string of the molecule is CCCC(C)C1CC(C)C1(C)CCC(C)C(C)(C)C(C)C. The Morgan fingerprint density at radius 1 is 1.10 bits per heavy atom. The molecule has 126 valence electrons. The maximum Gasteiger partial charge on any atom is -0.0269 e. The molecule has 5 unspecified atom stereocenters. The summed E-state index contributed by atoms with van der Waals surface area (Å²) in [6.45, 7) is 22.1. The van der Waals surface area contributed by atoms with E-state index in [1.807, 2.05) is 0 Å². The first-order valence-corrected chi connectivity index (χ1v) is 9.57. The molecule has 0 aliphatic heterocycles. The van der Waals surface area contributed by atoms with Crippen LogP contribution in [-0.4, -0.2) is 0 Å². The van der Waals surface area contributed by atoms with Crippen LogP contribution in [0, 0.1) is 40.4 Å². The van der Waals surface area contributed by atoms with Gasteiger partial charge in [-0.1, -0.05) is 75.2 Å². The Hall–Kier alpha value is 0. The van der Waals surface area contributed by atoms with Crippen molar-refractivity contribution in [3.05, 3.63) is 0 Å². The van der Waals surface area contributed by atoms with Gasteiger partial charge in [0.15, 0.2) is 0 Å². The van der Waals surface area contributed by atoms with Crippen molar-refractivity contribution in [1.82, 2.24) is 0 Å². The molecule has 0 saturated heterocycles. The number of hydrogen-bond donors (Lipinski definition) is 0. The summed E-state index contributed by atoms with van der Waals surface area (Å²) in [4.78, 5) is 0. The van der Waals surface area contributed by atoms with Crippen molar-refractivity contribution >= 4 is 0 Å². The topological polar surface area (TPSA) is 0 Å². The van der Waals surface area contributed by atoms with Gasteiger partial charge in [0.1, 0.15) is 0 Å². The van der Waals surface area contributed by atoms with Gasteiger partial charge in [-0.05, 0) is 59.7 Å². The van der Waals surface area contributed by atoms with Crippen LogP contribution in [0.15, 0.2) is 0 Å². The summed E-state index contributed by atoms with van der Waals surface area (Å²) in [6.07, 6.45) is 7.07. The smallest absolute Gasteiger partial charge is 0.0269 e. The lowest BCUT2D eigenvalue weighted by Crippen LogP contribution is -2.49. The largest absolute Gasteiger partial charge is 0.0654 e. The lowest BCUT2D eigenvalue weighted by molar-refractivity contribution is -0.0743. The van der Waals surface area contributed by atoms with E-state index in [4.69, 9.17) is 0 Å². The van der Waals surface area contributed by atoms with Crippen LogP contribution in [0.3, 0.4) is 0 Å². The van der Waals surface area contributed by atoms with Crippen LogP contribution in [0.25, 0.3) is 0 Å². The molecular weight excluding hydrogens is 252 g/mol. The fraction of sp³-hybridized carbons (Fsp3) is 1.00. The summed E-state index contributed by atoms with van der Waals surface area (Å²) < 4.78 is 0. The van der Waals surface area contributed by atoms with Crippen molar-refractivity contribution in [3.8, 4) is 0 Å². The fourth-order valence-electron chi connectivity index (χ4n) is 4.56. The van der Waals surface area contributed by atoms with Crippen molar-refractivity contribution < 1.29 is 0 Å². The molecule has 1 fully saturated rings. The molecular formula is C21H42. The minimum atomic E-state index is 0.466. The van der Waals surface area contributed by atoms with E-state index in [1.54, 1.807) is 0 Å². The van der Waals surface area contributed by atoms with E-state index in [0.717, 1.165) is 29.6 Å². The third kappa shape index (κ3) is 3.85. The van der Waals surface area contributed by atoms with Crippen LogP contribution < -0.4 is 0 Å². The summed E-state index contributed by atoms with van der Waals surface area (Å²) in [5.41, 5.74) is 1.07. The predicted octanol–water partition coefficient (Wildman–Crippen LogP) is 7.18. The highest BCUT2D eigenvalue weighted by molar-refractivity contribution is 4.99. The van der Waals surface area contributed by atoms with Crippen LogP contribution in [0.4, 0.5) is 0 Å². The second-order valence-corrected chi connectivity index (χ2v) is 9.43. The minimum Gasteiger partial charge on any atom is -0.0654 e. The zero-order chi connectivity index (χ0) is 16.4. The lowest BCUT2D eigenvalue weighted by Gasteiger charge is -2.57. The molecule has 0 aromatic carbocycles. The Labute approximate surface area is 135 Å². The van der Waals surface area contributed by atoms with Gasteiger partial charge >= 0.3 is 0 Å². The summed E-state index contributed by atoms with van der Waals surface area (Å²) in [6, 6.07) is 0. The van der Waals surface area contributed by atoms with Gasteiger partial charge in [-0.15, -0.1) is 0 Å². The zero-order valence-corrected chi connectivity index (χ0v) is 16.4. The van der Waals surface area contributed by atoms with Crippen LogP contribution in [0.1, 0.15) is 94.4 Å². The van der Waals surface area contributed by atoms with Crippen molar-refractivity contribution in [3.63, 3.8) is 0 Å². The molecule has 0 heterocycles. The minimum absolute atomic E-state index is 0.466. The van der Waals surface area contributed by atoms with E-state index >= 15 is 0 Å². The molecule has 0 radical (unpaired) electrons. The third-order valence-corrected chi connectivity index (χ3v) is 7.89. The molecule has 0 bridgehead atoms. The van der Waals surface area contributed by atoms with E-state index in [-0.39, 0.29) is 0 Å². The van der Waals surface area contributed by atoms with Gasteiger partial charge in [-0.2, -0.15) is 0 Å². The van der Waals surface area contributed by atoms with Gasteiger partial charge < -0.3 is 0 Å². The Bertz CT molecular complexity index is 314. The first kappa shape index (κ1) is 19.0. The Balaban J connectivity index is 2.63. The van der Waals surface area contributed by atoms with Gasteiger partial charge in [0, 0.05) is 0 Å². The normalized spacial score (nSPS) is 32.9. The molecule has 1 aliphatic carbocycles. The summed E-state index contributed by atoms with van der Waals surface area (Å²) >= 11 is 0. The Kier molecular flexibility index (Phi) is 6.40. The maximum absolute atomic E-state index is 2.59. The van der Waals surface area contributed by atoms with Gasteiger partial charge in [0.2, 0.25) is 0 Å². The van der Waals surface area contributed by atoms with Crippen molar-refractivity contribution in [2.45, 2.75) is 94.4 Å². The standard InChI is InChI=1S/C21H42/c1-10-11-16(4)19-14-18(6)21(19,9)13-12-17(5)20(7,8)15(2)3/h15-19H,10-14H2,1-9H3. The average Bonchev–Trinajstić information content (AvgIpc) is 2.41. The second kappa shape index (κ2) is 7.05. The quantitative estimate of drug-likeness (QED) is 0.444. The predicted molar refractivity (Wildman–Crippen MR) is 96.5 cm³/mol. The molecule has 1 aliphatic rings. The number of hydrogen-bond acceptors (Lipinski definition) is 0.